The molecule has 1 N–H and O–H groups in total. The minimum absolute atomic E-state index is 0.0539. The standard InChI is InChI=1S/C28H27FN2O6S/c1-28(2,3)25(37-27(33)24-7-6-12-38-24)26(32)31-16-8-9-21(18(29)13-16)36-20-10-11-30-19-15-23(35-5)22(34-4)14-17(19)20/h6-15,25H,1-5H3,(H,31,32). The van der Waals surface area contributed by atoms with E-state index in [1.807, 2.05) is 0 Å². The molecule has 10 heteroatoms. The molecule has 198 valence electrons. The van der Waals surface area contributed by atoms with Crippen LogP contribution in [0.4, 0.5) is 10.1 Å². The Morgan fingerprint density at radius 1 is 0.974 bits per heavy atom. The number of anilines is 1. The number of nitrogens with zero attached hydrogens (tertiary/aromatic N) is 1. The molecule has 1 amide bonds. The third kappa shape index (κ3) is 5.86. The van der Waals surface area contributed by atoms with Crippen molar-refractivity contribution < 1.29 is 32.9 Å². The lowest BCUT2D eigenvalue weighted by Crippen LogP contribution is -2.42. The van der Waals surface area contributed by atoms with E-state index in [2.05, 4.69) is 10.3 Å². The number of amides is 1. The van der Waals surface area contributed by atoms with E-state index < -0.39 is 29.2 Å². The second-order valence-corrected chi connectivity index (χ2v) is 10.3. The molecule has 0 fully saturated rings. The number of carbonyl (C=O) groups excluding carboxylic acids is 2. The molecule has 4 rings (SSSR count). The van der Waals surface area contributed by atoms with Gasteiger partial charge in [0.15, 0.2) is 29.2 Å². The van der Waals surface area contributed by atoms with Crippen molar-refractivity contribution in [2.24, 2.45) is 5.41 Å². The average Bonchev–Trinajstić information content (AvgIpc) is 3.42. The minimum Gasteiger partial charge on any atom is -0.493 e. The van der Waals surface area contributed by atoms with Gasteiger partial charge < -0.3 is 24.3 Å². The van der Waals surface area contributed by atoms with E-state index in [0.29, 0.717) is 33.0 Å². The van der Waals surface area contributed by atoms with Crippen LogP contribution in [0.25, 0.3) is 10.9 Å². The van der Waals surface area contributed by atoms with Crippen LogP contribution in [-0.2, 0) is 9.53 Å². The molecule has 0 radical (unpaired) electrons. The molecule has 1 atom stereocenters. The van der Waals surface area contributed by atoms with Crippen molar-refractivity contribution >= 4 is 39.8 Å². The highest BCUT2D eigenvalue weighted by Gasteiger charge is 2.35. The summed E-state index contributed by atoms with van der Waals surface area (Å²) in [6.07, 6.45) is 0.437. The first-order chi connectivity index (χ1) is 18.1. The number of benzene rings is 2. The Morgan fingerprint density at radius 3 is 2.34 bits per heavy atom. The molecule has 0 aliphatic rings. The zero-order chi connectivity index (χ0) is 27.4. The average molecular weight is 539 g/mol. The summed E-state index contributed by atoms with van der Waals surface area (Å²) in [5.74, 6) is -0.576. The van der Waals surface area contributed by atoms with Gasteiger partial charge in [-0.25, -0.2) is 9.18 Å². The first-order valence-electron chi connectivity index (χ1n) is 11.6. The van der Waals surface area contributed by atoms with E-state index in [0.717, 1.165) is 6.07 Å². The van der Waals surface area contributed by atoms with Gasteiger partial charge in [-0.15, -0.1) is 11.3 Å². The van der Waals surface area contributed by atoms with Crippen LogP contribution in [0.2, 0.25) is 0 Å². The Labute approximate surface area is 223 Å². The van der Waals surface area contributed by atoms with Crippen molar-refractivity contribution in [1.82, 2.24) is 4.98 Å². The molecule has 38 heavy (non-hydrogen) atoms. The number of thiophene rings is 1. The van der Waals surface area contributed by atoms with Gasteiger partial charge in [0.25, 0.3) is 5.91 Å². The van der Waals surface area contributed by atoms with Crippen LogP contribution >= 0.6 is 11.3 Å². The Kier molecular flexibility index (Phi) is 7.82. The molecule has 2 aromatic carbocycles. The maximum Gasteiger partial charge on any atom is 0.349 e. The van der Waals surface area contributed by atoms with Gasteiger partial charge in [-0.2, -0.15) is 0 Å². The molecule has 4 aromatic rings. The van der Waals surface area contributed by atoms with Crippen LogP contribution in [0.5, 0.6) is 23.0 Å². The normalized spacial score (nSPS) is 12.1. The van der Waals surface area contributed by atoms with Crippen LogP contribution < -0.4 is 19.5 Å². The predicted molar refractivity (Wildman–Crippen MR) is 143 cm³/mol. The number of aromatic nitrogens is 1. The van der Waals surface area contributed by atoms with Gasteiger partial charge in [-0.1, -0.05) is 26.8 Å². The molecule has 1 unspecified atom stereocenters. The monoisotopic (exact) mass is 538 g/mol. The topological polar surface area (TPSA) is 96.0 Å². The summed E-state index contributed by atoms with van der Waals surface area (Å²) in [5, 5.41) is 4.99. The summed E-state index contributed by atoms with van der Waals surface area (Å²) in [5.41, 5.74) is 0.0621. The number of carbonyl (C=O) groups is 2. The van der Waals surface area contributed by atoms with Crippen LogP contribution in [0, 0.1) is 11.2 Å². The van der Waals surface area contributed by atoms with Crippen LogP contribution in [-0.4, -0.2) is 37.2 Å². The van der Waals surface area contributed by atoms with E-state index in [1.165, 1.54) is 37.7 Å². The lowest BCUT2D eigenvalue weighted by Gasteiger charge is -2.29. The Balaban J connectivity index is 1.53. The number of halogens is 1. The Hall–Kier alpha value is -4.18. The SMILES string of the molecule is COc1cc2nccc(Oc3ccc(NC(=O)C(OC(=O)c4cccs4)C(C)(C)C)cc3F)c2cc1OC. The number of pyridine rings is 1. The van der Waals surface area contributed by atoms with Gasteiger partial charge in [0, 0.05) is 34.8 Å². The molecule has 0 saturated heterocycles. The zero-order valence-corrected chi connectivity index (χ0v) is 22.4. The van der Waals surface area contributed by atoms with Crippen molar-refractivity contribution in [3.8, 4) is 23.0 Å². The van der Waals surface area contributed by atoms with Gasteiger partial charge in [0.1, 0.15) is 10.6 Å². The summed E-state index contributed by atoms with van der Waals surface area (Å²) in [4.78, 5) is 30.2. The third-order valence-electron chi connectivity index (χ3n) is 5.60. The fraction of sp³-hybridized carbons (Fsp3) is 0.250. The molecule has 0 bridgehead atoms. The third-order valence-corrected chi connectivity index (χ3v) is 6.45. The predicted octanol–water partition coefficient (Wildman–Crippen LogP) is 6.46. The number of hydrogen-bond acceptors (Lipinski definition) is 8. The maximum atomic E-state index is 15.1. The van der Waals surface area contributed by atoms with Crippen molar-refractivity contribution in [3.05, 3.63) is 70.8 Å². The van der Waals surface area contributed by atoms with Gasteiger partial charge >= 0.3 is 5.97 Å². The minimum atomic E-state index is -1.11. The molecular formula is C28H27FN2O6S. The quantitative estimate of drug-likeness (QED) is 0.257. The second-order valence-electron chi connectivity index (χ2n) is 9.40. The largest absolute Gasteiger partial charge is 0.493 e. The van der Waals surface area contributed by atoms with E-state index in [1.54, 1.807) is 62.7 Å². The second kappa shape index (κ2) is 11.1. The van der Waals surface area contributed by atoms with E-state index >= 15 is 4.39 Å². The first kappa shape index (κ1) is 26.9. The van der Waals surface area contributed by atoms with E-state index in [9.17, 15) is 9.59 Å². The summed E-state index contributed by atoms with van der Waals surface area (Å²) in [7, 11) is 3.04. The van der Waals surface area contributed by atoms with Gasteiger partial charge in [0.2, 0.25) is 0 Å². The van der Waals surface area contributed by atoms with E-state index in [4.69, 9.17) is 18.9 Å². The van der Waals surface area contributed by atoms with Gasteiger partial charge in [-0.05, 0) is 35.7 Å². The van der Waals surface area contributed by atoms with Gasteiger partial charge in [-0.3, -0.25) is 9.78 Å². The number of hydrogen-bond donors (Lipinski definition) is 1. The summed E-state index contributed by atoms with van der Waals surface area (Å²) in [6, 6.07) is 12.4. The fourth-order valence-electron chi connectivity index (χ4n) is 3.71. The zero-order valence-electron chi connectivity index (χ0n) is 21.5. The maximum absolute atomic E-state index is 15.1. The van der Waals surface area contributed by atoms with Crippen molar-refractivity contribution in [2.45, 2.75) is 26.9 Å². The molecular weight excluding hydrogens is 511 g/mol. The highest BCUT2D eigenvalue weighted by atomic mass is 32.1. The molecule has 0 spiro atoms. The fourth-order valence-corrected chi connectivity index (χ4v) is 4.31. The highest BCUT2D eigenvalue weighted by Crippen LogP contribution is 2.37. The Morgan fingerprint density at radius 2 is 1.71 bits per heavy atom. The number of rotatable bonds is 8. The number of ether oxygens (including phenoxy) is 4. The molecule has 0 saturated carbocycles. The lowest BCUT2D eigenvalue weighted by molar-refractivity contribution is -0.130. The van der Waals surface area contributed by atoms with Crippen LogP contribution in [0.3, 0.4) is 0 Å². The van der Waals surface area contributed by atoms with Crippen molar-refractivity contribution in [1.29, 1.82) is 0 Å². The summed E-state index contributed by atoms with van der Waals surface area (Å²) >= 11 is 1.22. The highest BCUT2D eigenvalue weighted by molar-refractivity contribution is 7.11. The van der Waals surface area contributed by atoms with Crippen molar-refractivity contribution in [3.63, 3.8) is 0 Å². The molecule has 8 nitrogen and oxygen atoms in total. The van der Waals surface area contributed by atoms with Gasteiger partial charge in [0.05, 0.1) is 19.7 Å². The number of esters is 1. The molecule has 0 aliphatic carbocycles. The van der Waals surface area contributed by atoms with Crippen LogP contribution in [0.15, 0.2) is 60.1 Å². The molecule has 2 aromatic heterocycles. The van der Waals surface area contributed by atoms with E-state index in [-0.39, 0.29) is 11.4 Å². The number of nitrogens with one attached hydrogen (secondary N) is 1. The van der Waals surface area contributed by atoms with Crippen molar-refractivity contribution in [2.75, 3.05) is 19.5 Å². The Bertz CT molecular complexity index is 1470. The summed E-state index contributed by atoms with van der Waals surface area (Å²) in [6.45, 7) is 5.33. The number of methoxy groups -OCH3 is 2. The molecule has 2 heterocycles. The molecule has 0 aliphatic heterocycles. The van der Waals surface area contributed by atoms with Crippen LogP contribution in [0.1, 0.15) is 30.4 Å². The number of fused-ring (bicyclic) bond motifs is 1. The summed E-state index contributed by atoms with van der Waals surface area (Å²) < 4.78 is 37.1. The smallest absolute Gasteiger partial charge is 0.349 e. The first-order valence-corrected chi connectivity index (χ1v) is 12.5. The lowest BCUT2D eigenvalue weighted by atomic mass is 9.88.